The fraction of sp³-hybridized carbons (Fsp3) is 0.125. The molecule has 1 aromatic carbocycles. The molecule has 14 heavy (non-hydrogen) atoms. The van der Waals surface area contributed by atoms with E-state index in [9.17, 15) is 13.2 Å². The third kappa shape index (κ3) is 2.82. The summed E-state index contributed by atoms with van der Waals surface area (Å²) < 4.78 is 26.5. The van der Waals surface area contributed by atoms with Crippen LogP contribution in [0.2, 0.25) is 0 Å². The minimum Gasteiger partial charge on any atom is -0.427 e. The largest absolute Gasteiger partial charge is 0.427 e. The lowest BCUT2D eigenvalue weighted by Crippen LogP contribution is -2.12. The normalized spacial score (nSPS) is 11.0. The number of benzene rings is 1. The molecule has 0 unspecified atom stereocenters. The number of sulfonamides is 1. The molecule has 0 heterocycles. The summed E-state index contributed by atoms with van der Waals surface area (Å²) in [6.07, 6.45) is 0. The van der Waals surface area contributed by atoms with Crippen LogP contribution in [-0.4, -0.2) is 14.4 Å². The quantitative estimate of drug-likeness (QED) is 0.566. The summed E-state index contributed by atoms with van der Waals surface area (Å²) in [5, 5.41) is 4.89. The summed E-state index contributed by atoms with van der Waals surface area (Å²) in [6, 6.07) is 5.42. The number of ether oxygens (including phenoxy) is 1. The Morgan fingerprint density at radius 2 is 2.07 bits per heavy atom. The van der Waals surface area contributed by atoms with Crippen molar-refractivity contribution >= 4 is 16.0 Å². The molecule has 0 aromatic heterocycles. The van der Waals surface area contributed by atoms with Gasteiger partial charge < -0.3 is 4.74 Å². The summed E-state index contributed by atoms with van der Waals surface area (Å²) in [6.45, 7) is 1.23. The van der Waals surface area contributed by atoms with Gasteiger partial charge in [0.1, 0.15) is 5.75 Å². The van der Waals surface area contributed by atoms with E-state index in [1.54, 1.807) is 0 Å². The Hall–Kier alpha value is -1.40. The first kappa shape index (κ1) is 10.7. The van der Waals surface area contributed by atoms with Gasteiger partial charge in [-0.15, -0.1) is 0 Å². The Morgan fingerprint density at radius 1 is 1.43 bits per heavy atom. The van der Waals surface area contributed by atoms with Crippen LogP contribution in [0.1, 0.15) is 6.92 Å². The summed E-state index contributed by atoms with van der Waals surface area (Å²) in [7, 11) is -3.75. The average molecular weight is 215 g/mol. The minimum absolute atomic E-state index is 0.0868. The monoisotopic (exact) mass is 215 g/mol. The van der Waals surface area contributed by atoms with Crippen molar-refractivity contribution in [3.8, 4) is 5.75 Å². The summed E-state index contributed by atoms with van der Waals surface area (Å²) in [5.41, 5.74) is 0. The van der Waals surface area contributed by atoms with E-state index < -0.39 is 16.0 Å². The number of hydrogen-bond acceptors (Lipinski definition) is 4. The average Bonchev–Trinajstić information content (AvgIpc) is 2.01. The van der Waals surface area contributed by atoms with E-state index in [-0.39, 0.29) is 10.6 Å². The van der Waals surface area contributed by atoms with Crippen LogP contribution >= 0.6 is 0 Å². The van der Waals surface area contributed by atoms with Crippen LogP contribution in [0.25, 0.3) is 0 Å². The van der Waals surface area contributed by atoms with Crippen LogP contribution in [-0.2, 0) is 14.8 Å². The molecule has 6 heteroatoms. The molecule has 1 aromatic rings. The van der Waals surface area contributed by atoms with Gasteiger partial charge in [-0.1, -0.05) is 6.07 Å². The van der Waals surface area contributed by atoms with Crippen molar-refractivity contribution < 1.29 is 17.9 Å². The Kier molecular flexibility index (Phi) is 2.87. The third-order valence-electron chi connectivity index (χ3n) is 1.40. The molecule has 0 saturated carbocycles. The number of esters is 1. The summed E-state index contributed by atoms with van der Waals surface area (Å²) >= 11 is 0. The highest BCUT2D eigenvalue weighted by molar-refractivity contribution is 7.89. The van der Waals surface area contributed by atoms with Crippen molar-refractivity contribution in [3.05, 3.63) is 24.3 Å². The molecule has 0 aliphatic rings. The zero-order chi connectivity index (χ0) is 10.8. The van der Waals surface area contributed by atoms with E-state index in [0.717, 1.165) is 0 Å². The maximum Gasteiger partial charge on any atom is 0.308 e. The predicted octanol–water partition coefficient (Wildman–Crippen LogP) is 0.259. The highest BCUT2D eigenvalue weighted by Gasteiger charge is 2.08. The SMILES string of the molecule is CC(=O)Oc1cccc(S(N)(=O)=O)c1. The van der Waals surface area contributed by atoms with Crippen LogP contribution in [0.5, 0.6) is 5.75 Å². The van der Waals surface area contributed by atoms with Gasteiger partial charge in [-0.25, -0.2) is 13.6 Å². The number of rotatable bonds is 2. The lowest BCUT2D eigenvalue weighted by Gasteiger charge is -2.02. The molecule has 5 nitrogen and oxygen atoms in total. The first-order valence-electron chi connectivity index (χ1n) is 3.71. The second-order valence-electron chi connectivity index (χ2n) is 2.61. The van der Waals surface area contributed by atoms with E-state index in [1.807, 2.05) is 0 Å². The molecule has 0 bridgehead atoms. The maximum atomic E-state index is 10.9. The van der Waals surface area contributed by atoms with Crippen LogP contribution in [0, 0.1) is 0 Å². The topological polar surface area (TPSA) is 86.5 Å². The molecule has 0 saturated heterocycles. The van der Waals surface area contributed by atoms with Gasteiger partial charge in [0.15, 0.2) is 0 Å². The molecule has 76 valence electrons. The fourth-order valence-corrected chi connectivity index (χ4v) is 1.43. The van der Waals surface area contributed by atoms with Crippen molar-refractivity contribution in [2.45, 2.75) is 11.8 Å². The second kappa shape index (κ2) is 3.77. The minimum atomic E-state index is -3.75. The molecule has 0 fully saturated rings. The van der Waals surface area contributed by atoms with Gasteiger partial charge in [0.05, 0.1) is 4.90 Å². The van der Waals surface area contributed by atoms with Crippen molar-refractivity contribution in [1.29, 1.82) is 0 Å². The first-order valence-corrected chi connectivity index (χ1v) is 5.25. The van der Waals surface area contributed by atoms with E-state index in [4.69, 9.17) is 9.88 Å². The fourth-order valence-electron chi connectivity index (χ4n) is 0.881. The molecule has 0 radical (unpaired) electrons. The van der Waals surface area contributed by atoms with Crippen LogP contribution in [0.15, 0.2) is 29.2 Å². The highest BCUT2D eigenvalue weighted by Crippen LogP contribution is 2.16. The number of hydrogen-bond donors (Lipinski definition) is 1. The van der Waals surface area contributed by atoms with Gasteiger partial charge in [0.25, 0.3) is 0 Å². The Labute approximate surface area is 81.5 Å². The van der Waals surface area contributed by atoms with Gasteiger partial charge in [-0.05, 0) is 12.1 Å². The van der Waals surface area contributed by atoms with Crippen molar-refractivity contribution in [1.82, 2.24) is 0 Å². The highest BCUT2D eigenvalue weighted by atomic mass is 32.2. The lowest BCUT2D eigenvalue weighted by molar-refractivity contribution is -0.131. The number of primary sulfonamides is 1. The maximum absolute atomic E-state index is 10.9. The van der Waals surface area contributed by atoms with E-state index >= 15 is 0 Å². The number of carbonyl (C=O) groups excluding carboxylic acids is 1. The van der Waals surface area contributed by atoms with E-state index in [2.05, 4.69) is 0 Å². The van der Waals surface area contributed by atoms with Crippen LogP contribution in [0.4, 0.5) is 0 Å². The van der Waals surface area contributed by atoms with E-state index in [1.165, 1.54) is 31.2 Å². The van der Waals surface area contributed by atoms with Gasteiger partial charge in [0.2, 0.25) is 10.0 Å². The predicted molar refractivity (Wildman–Crippen MR) is 49.1 cm³/mol. The molecule has 0 spiro atoms. The van der Waals surface area contributed by atoms with Gasteiger partial charge >= 0.3 is 5.97 Å². The summed E-state index contributed by atoms with van der Waals surface area (Å²) in [5.74, 6) is -0.361. The second-order valence-corrected chi connectivity index (χ2v) is 4.17. The molecule has 0 atom stereocenters. The Balaban J connectivity index is 3.08. The Morgan fingerprint density at radius 3 is 2.57 bits per heavy atom. The Bertz CT molecular complexity index is 452. The summed E-state index contributed by atoms with van der Waals surface area (Å²) in [4.78, 5) is 10.5. The van der Waals surface area contributed by atoms with E-state index in [0.29, 0.717) is 0 Å². The molecule has 0 amide bonds. The van der Waals surface area contributed by atoms with Crippen LogP contribution in [0.3, 0.4) is 0 Å². The molecule has 2 N–H and O–H groups in total. The molecule has 0 aliphatic heterocycles. The molecular weight excluding hydrogens is 206 g/mol. The smallest absolute Gasteiger partial charge is 0.308 e. The van der Waals surface area contributed by atoms with Crippen LogP contribution < -0.4 is 9.88 Å². The van der Waals surface area contributed by atoms with Gasteiger partial charge in [-0.2, -0.15) is 0 Å². The third-order valence-corrected chi connectivity index (χ3v) is 2.31. The molecule has 0 aliphatic carbocycles. The number of carbonyl (C=O) groups is 1. The number of nitrogens with two attached hydrogens (primary N) is 1. The molecule has 1 rings (SSSR count). The van der Waals surface area contributed by atoms with Crippen molar-refractivity contribution in [3.63, 3.8) is 0 Å². The standard InChI is InChI=1S/C8H9NO4S/c1-6(10)13-7-3-2-4-8(5-7)14(9,11)12/h2-5H,1H3,(H2,9,11,12). The van der Waals surface area contributed by atoms with Gasteiger partial charge in [0, 0.05) is 13.0 Å². The zero-order valence-corrected chi connectivity index (χ0v) is 8.24. The first-order chi connectivity index (χ1) is 6.39. The lowest BCUT2D eigenvalue weighted by atomic mass is 10.3. The van der Waals surface area contributed by atoms with Gasteiger partial charge in [-0.3, -0.25) is 4.79 Å². The van der Waals surface area contributed by atoms with Crippen molar-refractivity contribution in [2.24, 2.45) is 5.14 Å². The zero-order valence-electron chi connectivity index (χ0n) is 7.43. The molecular formula is C8H9NO4S. The van der Waals surface area contributed by atoms with Crippen molar-refractivity contribution in [2.75, 3.05) is 0 Å².